The molecular formula is C18H29IN4O2. The molecule has 0 radical (unpaired) electrons. The van der Waals surface area contributed by atoms with Crippen LogP contribution in [0, 0.1) is 0 Å². The molecule has 140 valence electrons. The number of aliphatic imine (C=N–C) groups is 1. The fourth-order valence-electron chi connectivity index (χ4n) is 2.63. The number of nitrogens with one attached hydrogen (secondary N) is 2. The molecule has 2 N–H and O–H groups in total. The van der Waals surface area contributed by atoms with Crippen LogP contribution in [0.25, 0.3) is 0 Å². The largest absolute Gasteiger partial charge is 0.489 e. The number of amides is 1. The zero-order chi connectivity index (χ0) is 17.4. The van der Waals surface area contributed by atoms with Crippen LogP contribution in [0.2, 0.25) is 0 Å². The Balaban J connectivity index is 0.00000312. The Morgan fingerprint density at radius 2 is 2.12 bits per heavy atom. The highest BCUT2D eigenvalue weighted by Crippen LogP contribution is 2.11. The van der Waals surface area contributed by atoms with E-state index in [9.17, 15) is 4.79 Å². The predicted octanol–water partition coefficient (Wildman–Crippen LogP) is 2.25. The van der Waals surface area contributed by atoms with Crippen LogP contribution in [-0.4, -0.2) is 55.6 Å². The third-order valence-corrected chi connectivity index (χ3v) is 3.90. The van der Waals surface area contributed by atoms with Gasteiger partial charge in [0.05, 0.1) is 6.54 Å². The second kappa shape index (κ2) is 11.2. The Kier molecular flexibility index (Phi) is 9.62. The quantitative estimate of drug-likeness (QED) is 0.389. The van der Waals surface area contributed by atoms with E-state index in [1.807, 2.05) is 51.2 Å². The number of carbonyl (C=O) groups is 1. The van der Waals surface area contributed by atoms with Gasteiger partial charge < -0.3 is 20.3 Å². The number of benzene rings is 1. The molecule has 6 nitrogen and oxygen atoms in total. The summed E-state index contributed by atoms with van der Waals surface area (Å²) < 4.78 is 5.85. The van der Waals surface area contributed by atoms with E-state index < -0.39 is 0 Å². The van der Waals surface area contributed by atoms with Crippen molar-refractivity contribution >= 4 is 35.8 Å². The smallest absolute Gasteiger partial charge is 0.222 e. The summed E-state index contributed by atoms with van der Waals surface area (Å²) >= 11 is 0. The van der Waals surface area contributed by atoms with Gasteiger partial charge in [0.1, 0.15) is 11.9 Å². The average Bonchev–Trinajstić information content (AvgIpc) is 2.57. The first kappa shape index (κ1) is 21.5. The molecule has 0 bridgehead atoms. The number of nitrogens with zero attached hydrogens (tertiary/aromatic N) is 2. The maximum Gasteiger partial charge on any atom is 0.222 e. The lowest BCUT2D eigenvalue weighted by atomic mass is 10.1. The Labute approximate surface area is 167 Å². The summed E-state index contributed by atoms with van der Waals surface area (Å²) in [4.78, 5) is 18.0. The van der Waals surface area contributed by atoms with Crippen molar-refractivity contribution < 1.29 is 9.53 Å². The summed E-state index contributed by atoms with van der Waals surface area (Å²) in [6.07, 6.45) is 1.41. The Hall–Kier alpha value is -1.51. The molecule has 25 heavy (non-hydrogen) atoms. The Morgan fingerprint density at radius 3 is 2.76 bits per heavy atom. The van der Waals surface area contributed by atoms with Crippen LogP contribution in [0.3, 0.4) is 0 Å². The summed E-state index contributed by atoms with van der Waals surface area (Å²) in [6.45, 7) is 6.11. The molecule has 1 aliphatic heterocycles. The maximum absolute atomic E-state index is 11.6. The second-order valence-corrected chi connectivity index (χ2v) is 6.12. The van der Waals surface area contributed by atoms with Crippen LogP contribution in [0.15, 0.2) is 35.3 Å². The van der Waals surface area contributed by atoms with Crippen LogP contribution in [-0.2, 0) is 4.79 Å². The molecule has 0 saturated carbocycles. The minimum Gasteiger partial charge on any atom is -0.489 e. The van der Waals surface area contributed by atoms with Crippen LogP contribution in [0.1, 0.15) is 26.7 Å². The van der Waals surface area contributed by atoms with E-state index in [2.05, 4.69) is 15.6 Å². The van der Waals surface area contributed by atoms with Crippen molar-refractivity contribution in [3.63, 3.8) is 0 Å². The molecule has 0 aromatic heterocycles. The van der Waals surface area contributed by atoms with Gasteiger partial charge in [-0.1, -0.05) is 18.2 Å². The zero-order valence-electron chi connectivity index (χ0n) is 15.2. The molecule has 1 aromatic rings. The number of likely N-dealkylation sites (N-methyl/N-ethyl adjacent to an activating group) is 1. The number of piperidine rings is 1. The molecule has 2 atom stereocenters. The van der Waals surface area contributed by atoms with Gasteiger partial charge in [-0.3, -0.25) is 4.79 Å². The summed E-state index contributed by atoms with van der Waals surface area (Å²) in [6, 6.07) is 10.00. The highest BCUT2D eigenvalue weighted by atomic mass is 127. The van der Waals surface area contributed by atoms with E-state index in [4.69, 9.17) is 4.74 Å². The van der Waals surface area contributed by atoms with Gasteiger partial charge in [-0.2, -0.15) is 0 Å². The SMILES string of the molecule is CCNC(=NCC(C)Oc1ccccc1)NC1CCC(=O)N(C)C1.I. The van der Waals surface area contributed by atoms with E-state index in [-0.39, 0.29) is 42.0 Å². The number of para-hydroxylation sites is 1. The molecule has 1 heterocycles. The van der Waals surface area contributed by atoms with Crippen molar-refractivity contribution in [3.05, 3.63) is 30.3 Å². The molecule has 1 aliphatic rings. The number of ether oxygens (including phenoxy) is 1. The molecule has 1 fully saturated rings. The lowest BCUT2D eigenvalue weighted by molar-refractivity contribution is -0.132. The Morgan fingerprint density at radius 1 is 1.40 bits per heavy atom. The highest BCUT2D eigenvalue weighted by molar-refractivity contribution is 14.0. The molecule has 1 saturated heterocycles. The highest BCUT2D eigenvalue weighted by Gasteiger charge is 2.23. The first-order valence-electron chi connectivity index (χ1n) is 8.59. The number of guanidine groups is 1. The number of hydrogen-bond acceptors (Lipinski definition) is 3. The van der Waals surface area contributed by atoms with Gasteiger partial charge in [0, 0.05) is 32.6 Å². The van der Waals surface area contributed by atoms with Gasteiger partial charge in [0.2, 0.25) is 5.91 Å². The number of likely N-dealkylation sites (tertiary alicyclic amines) is 1. The predicted molar refractivity (Wildman–Crippen MR) is 112 cm³/mol. The Bertz CT molecular complexity index is 553. The summed E-state index contributed by atoms with van der Waals surface area (Å²) in [5.41, 5.74) is 0. The lowest BCUT2D eigenvalue weighted by Gasteiger charge is -2.31. The lowest BCUT2D eigenvalue weighted by Crippen LogP contribution is -2.51. The average molecular weight is 460 g/mol. The van der Waals surface area contributed by atoms with E-state index in [1.165, 1.54) is 0 Å². The number of rotatable bonds is 6. The first-order chi connectivity index (χ1) is 11.6. The van der Waals surface area contributed by atoms with Gasteiger partial charge in [-0.15, -0.1) is 24.0 Å². The summed E-state index contributed by atoms with van der Waals surface area (Å²) in [7, 11) is 1.84. The van der Waals surface area contributed by atoms with Crippen LogP contribution in [0.4, 0.5) is 0 Å². The second-order valence-electron chi connectivity index (χ2n) is 6.12. The van der Waals surface area contributed by atoms with E-state index >= 15 is 0 Å². The topological polar surface area (TPSA) is 66.0 Å². The van der Waals surface area contributed by atoms with E-state index in [0.717, 1.165) is 24.7 Å². The monoisotopic (exact) mass is 460 g/mol. The van der Waals surface area contributed by atoms with E-state index in [0.29, 0.717) is 19.5 Å². The van der Waals surface area contributed by atoms with Crippen molar-refractivity contribution in [1.82, 2.24) is 15.5 Å². The molecule has 2 unspecified atom stereocenters. The molecule has 0 spiro atoms. The van der Waals surface area contributed by atoms with Crippen molar-refractivity contribution in [2.45, 2.75) is 38.8 Å². The van der Waals surface area contributed by atoms with Gasteiger partial charge in [-0.25, -0.2) is 4.99 Å². The minimum absolute atomic E-state index is 0. The number of carbonyl (C=O) groups excluding carboxylic acids is 1. The van der Waals surface area contributed by atoms with Crippen molar-refractivity contribution in [2.75, 3.05) is 26.7 Å². The fraction of sp³-hybridized carbons (Fsp3) is 0.556. The first-order valence-corrected chi connectivity index (χ1v) is 8.59. The van der Waals surface area contributed by atoms with Crippen molar-refractivity contribution in [3.8, 4) is 5.75 Å². The third-order valence-electron chi connectivity index (χ3n) is 3.90. The number of hydrogen-bond donors (Lipinski definition) is 2. The van der Waals surface area contributed by atoms with Crippen LogP contribution < -0.4 is 15.4 Å². The van der Waals surface area contributed by atoms with Gasteiger partial charge >= 0.3 is 0 Å². The molecule has 7 heteroatoms. The van der Waals surface area contributed by atoms with Gasteiger partial charge in [0.25, 0.3) is 0 Å². The summed E-state index contributed by atoms with van der Waals surface area (Å²) in [5.74, 6) is 1.83. The molecule has 0 aliphatic carbocycles. The van der Waals surface area contributed by atoms with Crippen molar-refractivity contribution in [2.24, 2.45) is 4.99 Å². The van der Waals surface area contributed by atoms with Crippen LogP contribution in [0.5, 0.6) is 5.75 Å². The van der Waals surface area contributed by atoms with Gasteiger partial charge in [0.15, 0.2) is 5.96 Å². The zero-order valence-corrected chi connectivity index (χ0v) is 17.5. The maximum atomic E-state index is 11.6. The van der Waals surface area contributed by atoms with Gasteiger partial charge in [-0.05, 0) is 32.4 Å². The number of halogens is 1. The normalized spacial score (nSPS) is 19.0. The fourth-order valence-corrected chi connectivity index (χ4v) is 2.63. The van der Waals surface area contributed by atoms with E-state index in [1.54, 1.807) is 4.90 Å². The molecule has 2 rings (SSSR count). The minimum atomic E-state index is -0.0153. The third kappa shape index (κ3) is 7.50. The molecule has 1 amide bonds. The molecule has 1 aromatic carbocycles. The molecular weight excluding hydrogens is 431 g/mol. The van der Waals surface area contributed by atoms with Crippen molar-refractivity contribution in [1.29, 1.82) is 0 Å². The standard InChI is InChI=1S/C18H28N4O2.HI/c1-4-19-18(21-15-10-11-17(23)22(3)13-15)20-12-14(2)24-16-8-6-5-7-9-16;/h5-9,14-15H,4,10-13H2,1-3H3,(H2,19,20,21);1H. The summed E-state index contributed by atoms with van der Waals surface area (Å²) in [5, 5.41) is 6.67. The van der Waals surface area contributed by atoms with Crippen LogP contribution >= 0.6 is 24.0 Å².